The summed E-state index contributed by atoms with van der Waals surface area (Å²) < 4.78 is 10.5. The van der Waals surface area contributed by atoms with Gasteiger partial charge in [-0.3, -0.25) is 5.32 Å². The number of methoxy groups -OCH3 is 1. The third-order valence-electron chi connectivity index (χ3n) is 2.65. The fraction of sp³-hybridized carbons (Fsp3) is 0.333. The maximum Gasteiger partial charge on any atom is 0.412 e. The standard InChI is InChI=1S/C15H19N3O3/c1-15(2,3)21-14(19)18-11-6-5-10(7-13(11)20-4)12-8-16-9-17-12/h5-9H,1-4H3,(H,16,17)(H,18,19). The van der Waals surface area contributed by atoms with E-state index in [4.69, 9.17) is 9.47 Å². The lowest BCUT2D eigenvalue weighted by atomic mass is 10.1. The van der Waals surface area contributed by atoms with Crippen molar-refractivity contribution >= 4 is 11.8 Å². The summed E-state index contributed by atoms with van der Waals surface area (Å²) in [4.78, 5) is 18.8. The molecular weight excluding hydrogens is 270 g/mol. The number of nitrogens with one attached hydrogen (secondary N) is 2. The van der Waals surface area contributed by atoms with Crippen molar-refractivity contribution in [1.82, 2.24) is 9.97 Å². The van der Waals surface area contributed by atoms with Crippen LogP contribution in [0, 0.1) is 0 Å². The molecule has 1 heterocycles. The SMILES string of the molecule is COc1cc(-c2cnc[nH]2)ccc1NC(=O)OC(C)(C)C. The van der Waals surface area contributed by atoms with E-state index in [0.717, 1.165) is 11.3 Å². The first-order valence-electron chi connectivity index (χ1n) is 6.56. The number of carbonyl (C=O) groups excluding carboxylic acids is 1. The number of nitrogens with zero attached hydrogens (tertiary/aromatic N) is 1. The van der Waals surface area contributed by atoms with Gasteiger partial charge in [0.25, 0.3) is 0 Å². The van der Waals surface area contributed by atoms with E-state index in [9.17, 15) is 4.79 Å². The number of H-pyrrole nitrogens is 1. The number of benzene rings is 1. The van der Waals surface area contributed by atoms with Gasteiger partial charge in [-0.25, -0.2) is 9.78 Å². The number of ether oxygens (including phenoxy) is 2. The Morgan fingerprint density at radius 1 is 1.33 bits per heavy atom. The molecule has 21 heavy (non-hydrogen) atoms. The van der Waals surface area contributed by atoms with E-state index < -0.39 is 11.7 Å². The van der Waals surface area contributed by atoms with Gasteiger partial charge in [0.15, 0.2) is 0 Å². The average molecular weight is 289 g/mol. The van der Waals surface area contributed by atoms with Crippen molar-refractivity contribution < 1.29 is 14.3 Å². The molecule has 2 aromatic rings. The molecule has 112 valence electrons. The summed E-state index contributed by atoms with van der Waals surface area (Å²) in [5.74, 6) is 0.549. The molecule has 0 saturated carbocycles. The maximum atomic E-state index is 11.8. The number of anilines is 1. The number of imidazole rings is 1. The Kier molecular flexibility index (Phi) is 4.16. The summed E-state index contributed by atoms with van der Waals surface area (Å²) in [5, 5.41) is 2.68. The third-order valence-corrected chi connectivity index (χ3v) is 2.65. The molecule has 2 N–H and O–H groups in total. The van der Waals surface area contributed by atoms with E-state index >= 15 is 0 Å². The van der Waals surface area contributed by atoms with Crippen molar-refractivity contribution in [3.63, 3.8) is 0 Å². The molecule has 1 amide bonds. The van der Waals surface area contributed by atoms with Crippen LogP contribution < -0.4 is 10.1 Å². The Bertz CT molecular complexity index is 616. The average Bonchev–Trinajstić information content (AvgIpc) is 2.90. The lowest BCUT2D eigenvalue weighted by molar-refractivity contribution is 0.0635. The Hall–Kier alpha value is -2.50. The van der Waals surface area contributed by atoms with E-state index in [1.54, 1.807) is 25.7 Å². The van der Waals surface area contributed by atoms with Gasteiger partial charge in [0, 0.05) is 5.56 Å². The molecule has 1 aromatic heterocycles. The predicted molar refractivity (Wildman–Crippen MR) is 80.4 cm³/mol. The summed E-state index contributed by atoms with van der Waals surface area (Å²) in [5.41, 5.74) is 1.79. The van der Waals surface area contributed by atoms with Gasteiger partial charge in [-0.05, 0) is 32.9 Å². The minimum absolute atomic E-state index is 0.518. The first kappa shape index (κ1) is 14.9. The highest BCUT2D eigenvalue weighted by Gasteiger charge is 2.17. The largest absolute Gasteiger partial charge is 0.495 e. The third kappa shape index (κ3) is 3.98. The zero-order chi connectivity index (χ0) is 15.5. The molecule has 6 heteroatoms. The van der Waals surface area contributed by atoms with Gasteiger partial charge in [-0.2, -0.15) is 0 Å². The molecule has 0 radical (unpaired) electrons. The van der Waals surface area contributed by atoms with Crippen LogP contribution in [-0.2, 0) is 4.74 Å². The van der Waals surface area contributed by atoms with Crippen LogP contribution in [0.25, 0.3) is 11.3 Å². The predicted octanol–water partition coefficient (Wildman–Crippen LogP) is 3.43. The molecule has 2 rings (SSSR count). The van der Waals surface area contributed by atoms with Gasteiger partial charge >= 0.3 is 6.09 Å². The van der Waals surface area contributed by atoms with Crippen molar-refractivity contribution in [3.05, 3.63) is 30.7 Å². The van der Waals surface area contributed by atoms with Crippen LogP contribution >= 0.6 is 0 Å². The molecule has 0 unspecified atom stereocenters. The number of hydrogen-bond acceptors (Lipinski definition) is 4. The molecule has 0 aliphatic heterocycles. The fourth-order valence-corrected chi connectivity index (χ4v) is 1.79. The second kappa shape index (κ2) is 5.87. The van der Waals surface area contributed by atoms with E-state index in [1.807, 2.05) is 32.9 Å². The van der Waals surface area contributed by atoms with Gasteiger partial charge in [0.2, 0.25) is 0 Å². The first-order chi connectivity index (χ1) is 9.89. The summed E-state index contributed by atoms with van der Waals surface area (Å²) in [7, 11) is 1.55. The minimum Gasteiger partial charge on any atom is -0.495 e. The van der Waals surface area contributed by atoms with E-state index in [1.165, 1.54) is 0 Å². The topological polar surface area (TPSA) is 76.2 Å². The summed E-state index contributed by atoms with van der Waals surface area (Å²) in [6.45, 7) is 5.43. The van der Waals surface area contributed by atoms with Crippen LogP contribution in [0.15, 0.2) is 30.7 Å². The van der Waals surface area contributed by atoms with E-state index in [2.05, 4.69) is 15.3 Å². The molecule has 0 atom stereocenters. The second-order valence-electron chi connectivity index (χ2n) is 5.51. The van der Waals surface area contributed by atoms with Crippen molar-refractivity contribution in [2.45, 2.75) is 26.4 Å². The lowest BCUT2D eigenvalue weighted by Crippen LogP contribution is -2.27. The number of aromatic nitrogens is 2. The van der Waals surface area contributed by atoms with Crippen molar-refractivity contribution in [2.24, 2.45) is 0 Å². The monoisotopic (exact) mass is 289 g/mol. The molecule has 6 nitrogen and oxygen atoms in total. The Morgan fingerprint density at radius 3 is 2.67 bits per heavy atom. The smallest absolute Gasteiger partial charge is 0.412 e. The van der Waals surface area contributed by atoms with Crippen molar-refractivity contribution in [3.8, 4) is 17.0 Å². The number of hydrogen-bond donors (Lipinski definition) is 2. The van der Waals surface area contributed by atoms with Crippen LogP contribution in [0.4, 0.5) is 10.5 Å². The Balaban J connectivity index is 2.19. The van der Waals surface area contributed by atoms with Crippen LogP contribution in [0.1, 0.15) is 20.8 Å². The normalized spacial score (nSPS) is 11.0. The zero-order valence-electron chi connectivity index (χ0n) is 12.6. The molecule has 0 aliphatic carbocycles. The van der Waals surface area contributed by atoms with Crippen LogP contribution in [-0.4, -0.2) is 28.8 Å². The van der Waals surface area contributed by atoms with Gasteiger partial charge in [-0.15, -0.1) is 0 Å². The molecule has 1 aromatic carbocycles. The lowest BCUT2D eigenvalue weighted by Gasteiger charge is -2.20. The summed E-state index contributed by atoms with van der Waals surface area (Å²) in [6, 6.07) is 5.45. The van der Waals surface area contributed by atoms with Crippen LogP contribution in [0.3, 0.4) is 0 Å². The highest BCUT2D eigenvalue weighted by Crippen LogP contribution is 2.30. The summed E-state index contributed by atoms with van der Waals surface area (Å²) in [6.07, 6.45) is 2.81. The molecule has 0 spiro atoms. The Morgan fingerprint density at radius 2 is 2.10 bits per heavy atom. The molecule has 0 saturated heterocycles. The van der Waals surface area contributed by atoms with Gasteiger partial charge < -0.3 is 14.5 Å². The highest BCUT2D eigenvalue weighted by atomic mass is 16.6. The quantitative estimate of drug-likeness (QED) is 0.907. The van der Waals surface area contributed by atoms with Gasteiger partial charge in [0.1, 0.15) is 11.4 Å². The maximum absolute atomic E-state index is 11.8. The first-order valence-corrected chi connectivity index (χ1v) is 6.56. The minimum atomic E-state index is -0.548. The highest BCUT2D eigenvalue weighted by molar-refractivity contribution is 5.87. The van der Waals surface area contributed by atoms with Crippen molar-refractivity contribution in [2.75, 3.05) is 12.4 Å². The van der Waals surface area contributed by atoms with Crippen molar-refractivity contribution in [1.29, 1.82) is 0 Å². The van der Waals surface area contributed by atoms with Gasteiger partial charge in [0.05, 0.1) is 31.0 Å². The molecule has 0 fully saturated rings. The molecule has 0 aliphatic rings. The number of aromatic amines is 1. The summed E-state index contributed by atoms with van der Waals surface area (Å²) >= 11 is 0. The van der Waals surface area contributed by atoms with Crippen LogP contribution in [0.2, 0.25) is 0 Å². The molecular formula is C15H19N3O3. The number of carbonyl (C=O) groups is 1. The number of rotatable bonds is 3. The van der Waals surface area contributed by atoms with E-state index in [0.29, 0.717) is 11.4 Å². The Labute approximate surface area is 123 Å². The fourth-order valence-electron chi connectivity index (χ4n) is 1.79. The molecule has 0 bridgehead atoms. The van der Waals surface area contributed by atoms with Crippen LogP contribution in [0.5, 0.6) is 5.75 Å². The number of amides is 1. The second-order valence-corrected chi connectivity index (χ2v) is 5.51. The zero-order valence-corrected chi connectivity index (χ0v) is 12.6. The van der Waals surface area contributed by atoms with Gasteiger partial charge in [-0.1, -0.05) is 6.07 Å². The van der Waals surface area contributed by atoms with E-state index in [-0.39, 0.29) is 0 Å².